The van der Waals surface area contributed by atoms with Crippen LogP contribution >= 0.6 is 0 Å². The van der Waals surface area contributed by atoms with Gasteiger partial charge in [0.1, 0.15) is 17.5 Å². The molecule has 20 heavy (non-hydrogen) atoms. The fourth-order valence-electron chi connectivity index (χ4n) is 2.04. The van der Waals surface area contributed by atoms with Crippen LogP contribution < -0.4 is 11.3 Å². The lowest BCUT2D eigenvalue weighted by Gasteiger charge is -2.09. The zero-order chi connectivity index (χ0) is 14.5. The van der Waals surface area contributed by atoms with Crippen LogP contribution in [0, 0.1) is 11.7 Å². The number of nitrogens with one attached hydrogen (secondary N) is 1. The Labute approximate surface area is 118 Å². The normalized spacial score (nSPS) is 10.8. The van der Waals surface area contributed by atoms with Gasteiger partial charge in [-0.3, -0.25) is 0 Å². The maximum Gasteiger partial charge on any atom is 0.143 e. The van der Waals surface area contributed by atoms with Crippen LogP contribution in [0.15, 0.2) is 30.3 Å². The van der Waals surface area contributed by atoms with Crippen LogP contribution in [0.4, 0.5) is 10.2 Å². The summed E-state index contributed by atoms with van der Waals surface area (Å²) in [6.07, 6.45) is 1.19. The first-order valence-electron chi connectivity index (χ1n) is 6.65. The van der Waals surface area contributed by atoms with Gasteiger partial charge < -0.3 is 5.43 Å². The molecule has 0 saturated carbocycles. The fraction of sp³-hybridized carbons (Fsp3) is 0.333. The molecule has 0 aliphatic carbocycles. The highest BCUT2D eigenvalue weighted by Gasteiger charge is 2.09. The van der Waals surface area contributed by atoms with Crippen LogP contribution in [-0.4, -0.2) is 9.97 Å². The molecule has 0 bridgehead atoms. The molecule has 0 amide bonds. The predicted octanol–water partition coefficient (Wildman–Crippen LogP) is 2.69. The summed E-state index contributed by atoms with van der Waals surface area (Å²) in [6.45, 7) is 4.24. The second-order valence-electron chi connectivity index (χ2n) is 5.17. The third-order valence-electron chi connectivity index (χ3n) is 2.90. The number of anilines is 1. The van der Waals surface area contributed by atoms with Gasteiger partial charge in [-0.2, -0.15) is 0 Å². The smallest absolute Gasteiger partial charge is 0.143 e. The van der Waals surface area contributed by atoms with Gasteiger partial charge in [-0.05, 0) is 24.0 Å². The molecule has 0 aliphatic rings. The number of aromatic nitrogens is 2. The Hall–Kier alpha value is -2.01. The molecule has 0 saturated heterocycles. The van der Waals surface area contributed by atoms with Gasteiger partial charge in [0.2, 0.25) is 0 Å². The van der Waals surface area contributed by atoms with Crippen LogP contribution in [0.25, 0.3) is 0 Å². The molecule has 0 radical (unpaired) electrons. The number of halogens is 1. The predicted molar refractivity (Wildman–Crippen MR) is 77.6 cm³/mol. The molecular formula is C15H19FN4. The molecule has 0 unspecified atom stereocenters. The van der Waals surface area contributed by atoms with E-state index in [0.717, 1.165) is 12.1 Å². The molecular weight excluding hydrogens is 255 g/mol. The lowest BCUT2D eigenvalue weighted by molar-refractivity contribution is 0.609. The highest BCUT2D eigenvalue weighted by Crippen LogP contribution is 2.15. The Morgan fingerprint density at radius 1 is 1.25 bits per heavy atom. The van der Waals surface area contributed by atoms with E-state index in [1.54, 1.807) is 18.2 Å². The van der Waals surface area contributed by atoms with E-state index in [1.165, 1.54) is 6.07 Å². The number of hydrazine groups is 1. The van der Waals surface area contributed by atoms with Gasteiger partial charge in [0.15, 0.2) is 0 Å². The SMILES string of the molecule is CC(C)Cc1cc(NN)nc(Cc2ccccc2F)n1. The molecule has 1 heterocycles. The van der Waals surface area contributed by atoms with Gasteiger partial charge in [0, 0.05) is 18.2 Å². The van der Waals surface area contributed by atoms with Crippen molar-refractivity contribution in [2.45, 2.75) is 26.7 Å². The fourth-order valence-corrected chi connectivity index (χ4v) is 2.04. The van der Waals surface area contributed by atoms with Crippen molar-refractivity contribution in [2.24, 2.45) is 11.8 Å². The number of hydrogen-bond acceptors (Lipinski definition) is 4. The van der Waals surface area contributed by atoms with Gasteiger partial charge >= 0.3 is 0 Å². The lowest BCUT2D eigenvalue weighted by atomic mass is 10.1. The zero-order valence-electron chi connectivity index (χ0n) is 11.7. The van der Waals surface area contributed by atoms with E-state index in [-0.39, 0.29) is 5.82 Å². The van der Waals surface area contributed by atoms with Crippen LogP contribution in [0.3, 0.4) is 0 Å². The molecule has 4 nitrogen and oxygen atoms in total. The zero-order valence-corrected chi connectivity index (χ0v) is 11.7. The van der Waals surface area contributed by atoms with E-state index in [4.69, 9.17) is 5.84 Å². The van der Waals surface area contributed by atoms with E-state index in [1.807, 2.05) is 6.07 Å². The minimum Gasteiger partial charge on any atom is -0.308 e. The molecule has 106 valence electrons. The van der Waals surface area contributed by atoms with Gasteiger partial charge in [-0.15, -0.1) is 0 Å². The topological polar surface area (TPSA) is 63.8 Å². The summed E-state index contributed by atoms with van der Waals surface area (Å²) >= 11 is 0. The van der Waals surface area contributed by atoms with E-state index in [9.17, 15) is 4.39 Å². The summed E-state index contributed by atoms with van der Waals surface area (Å²) in [5.74, 6) is 6.80. The highest BCUT2D eigenvalue weighted by atomic mass is 19.1. The Morgan fingerprint density at radius 3 is 2.65 bits per heavy atom. The van der Waals surface area contributed by atoms with Gasteiger partial charge in [-0.1, -0.05) is 32.0 Å². The molecule has 5 heteroatoms. The lowest BCUT2D eigenvalue weighted by Crippen LogP contribution is -2.13. The summed E-state index contributed by atoms with van der Waals surface area (Å²) in [6, 6.07) is 8.48. The number of nitrogen functional groups attached to an aromatic ring is 1. The Morgan fingerprint density at radius 2 is 2.00 bits per heavy atom. The van der Waals surface area contributed by atoms with Crippen LogP contribution in [-0.2, 0) is 12.8 Å². The van der Waals surface area contributed by atoms with Gasteiger partial charge in [-0.25, -0.2) is 20.2 Å². The van der Waals surface area contributed by atoms with Crippen molar-refractivity contribution in [1.82, 2.24) is 9.97 Å². The van der Waals surface area contributed by atoms with E-state index >= 15 is 0 Å². The Kier molecular flexibility index (Phi) is 4.63. The van der Waals surface area contributed by atoms with E-state index in [0.29, 0.717) is 29.5 Å². The average molecular weight is 274 g/mol. The molecule has 0 fully saturated rings. The van der Waals surface area contributed by atoms with Crippen LogP contribution in [0.1, 0.15) is 30.9 Å². The monoisotopic (exact) mass is 274 g/mol. The third-order valence-corrected chi connectivity index (χ3v) is 2.90. The first-order chi connectivity index (χ1) is 9.58. The van der Waals surface area contributed by atoms with Gasteiger partial charge in [0.25, 0.3) is 0 Å². The summed E-state index contributed by atoms with van der Waals surface area (Å²) in [5.41, 5.74) is 4.03. The summed E-state index contributed by atoms with van der Waals surface area (Å²) in [7, 11) is 0. The number of rotatable bonds is 5. The average Bonchev–Trinajstić information content (AvgIpc) is 2.40. The number of hydrogen-bond donors (Lipinski definition) is 2. The number of nitrogens with two attached hydrogens (primary N) is 1. The summed E-state index contributed by atoms with van der Waals surface area (Å²) < 4.78 is 13.7. The second kappa shape index (κ2) is 6.43. The van der Waals surface area contributed by atoms with Crippen molar-refractivity contribution in [1.29, 1.82) is 0 Å². The molecule has 1 aromatic carbocycles. The molecule has 0 aliphatic heterocycles. The van der Waals surface area contributed by atoms with Crippen molar-refractivity contribution in [3.63, 3.8) is 0 Å². The van der Waals surface area contributed by atoms with Crippen molar-refractivity contribution in [3.8, 4) is 0 Å². The van der Waals surface area contributed by atoms with E-state index in [2.05, 4.69) is 29.2 Å². The Bertz CT molecular complexity index is 584. The minimum absolute atomic E-state index is 0.243. The summed E-state index contributed by atoms with van der Waals surface area (Å²) in [5, 5.41) is 0. The molecule has 2 rings (SSSR count). The van der Waals surface area contributed by atoms with Crippen molar-refractivity contribution in [2.75, 3.05) is 5.43 Å². The largest absolute Gasteiger partial charge is 0.308 e. The number of benzene rings is 1. The molecule has 2 aromatic rings. The summed E-state index contributed by atoms with van der Waals surface area (Å²) in [4.78, 5) is 8.77. The maximum absolute atomic E-state index is 13.7. The molecule has 3 N–H and O–H groups in total. The highest BCUT2D eigenvalue weighted by molar-refractivity contribution is 5.35. The minimum atomic E-state index is -0.243. The molecule has 1 aromatic heterocycles. The van der Waals surface area contributed by atoms with Crippen molar-refractivity contribution < 1.29 is 4.39 Å². The second-order valence-corrected chi connectivity index (χ2v) is 5.17. The molecule has 0 atom stereocenters. The van der Waals surface area contributed by atoms with Crippen molar-refractivity contribution in [3.05, 3.63) is 53.2 Å². The standard InChI is InChI=1S/C15H19FN4/c1-10(2)7-12-9-15(20-17)19-14(18-12)8-11-5-3-4-6-13(11)16/h3-6,9-10H,7-8,17H2,1-2H3,(H,18,19,20). The number of nitrogens with zero attached hydrogens (tertiary/aromatic N) is 2. The Balaban J connectivity index is 2.29. The van der Waals surface area contributed by atoms with E-state index < -0.39 is 0 Å². The molecule has 0 spiro atoms. The third kappa shape index (κ3) is 3.74. The van der Waals surface area contributed by atoms with Crippen molar-refractivity contribution >= 4 is 5.82 Å². The first kappa shape index (κ1) is 14.4. The maximum atomic E-state index is 13.7. The van der Waals surface area contributed by atoms with Crippen LogP contribution in [0.5, 0.6) is 0 Å². The first-order valence-corrected chi connectivity index (χ1v) is 6.65. The quantitative estimate of drug-likeness (QED) is 0.650. The van der Waals surface area contributed by atoms with Crippen LogP contribution in [0.2, 0.25) is 0 Å². The van der Waals surface area contributed by atoms with Gasteiger partial charge in [0.05, 0.1) is 0 Å².